The number of rotatable bonds is 6. The second-order valence-electron chi connectivity index (χ2n) is 7.33. The topological polar surface area (TPSA) is 101 Å². The number of sulfone groups is 1. The summed E-state index contributed by atoms with van der Waals surface area (Å²) in [5, 5.41) is 11.4. The average Bonchev–Trinajstić information content (AvgIpc) is 3.05. The Morgan fingerprint density at radius 3 is 2.34 bits per heavy atom. The number of para-hydroxylation sites is 1. The molecule has 0 radical (unpaired) electrons. The molecule has 8 nitrogen and oxygen atoms in total. The number of hydrogen-bond donors (Lipinski definition) is 0. The molecule has 0 spiro atoms. The zero-order valence-corrected chi connectivity index (χ0v) is 17.1. The van der Waals surface area contributed by atoms with E-state index in [0.717, 1.165) is 11.3 Å². The summed E-state index contributed by atoms with van der Waals surface area (Å²) in [6.45, 7) is 0.179. The number of benzene rings is 2. The van der Waals surface area contributed by atoms with Crippen LogP contribution in [0.2, 0.25) is 0 Å². The highest BCUT2D eigenvalue weighted by Gasteiger charge is 2.36. The molecule has 0 saturated carbocycles. The summed E-state index contributed by atoms with van der Waals surface area (Å²) >= 11 is 0. The molecular weight excluding hydrogens is 394 g/mol. The lowest BCUT2D eigenvalue weighted by atomic mass is 10.1. The zero-order valence-electron chi connectivity index (χ0n) is 16.3. The van der Waals surface area contributed by atoms with Gasteiger partial charge in [-0.15, -0.1) is 0 Å². The third kappa shape index (κ3) is 4.73. The van der Waals surface area contributed by atoms with Gasteiger partial charge in [0.1, 0.15) is 5.56 Å². The van der Waals surface area contributed by atoms with Gasteiger partial charge in [0.05, 0.1) is 16.4 Å². The van der Waals surface area contributed by atoms with E-state index in [1.54, 1.807) is 6.07 Å². The Balaban J connectivity index is 1.95. The predicted octanol–water partition coefficient (Wildman–Crippen LogP) is 2.49. The fraction of sp³-hybridized carbons (Fsp3) is 0.350. The van der Waals surface area contributed by atoms with E-state index >= 15 is 0 Å². The summed E-state index contributed by atoms with van der Waals surface area (Å²) in [5.41, 5.74) is 1.50. The number of nitro benzene ring substituents is 1. The molecule has 0 N–H and O–H groups in total. The van der Waals surface area contributed by atoms with Crippen LogP contribution in [0.15, 0.2) is 48.5 Å². The van der Waals surface area contributed by atoms with Gasteiger partial charge in [-0.1, -0.05) is 24.3 Å². The van der Waals surface area contributed by atoms with Gasteiger partial charge in [-0.2, -0.15) is 0 Å². The Kier molecular flexibility index (Phi) is 5.88. The van der Waals surface area contributed by atoms with Crippen molar-refractivity contribution >= 4 is 27.1 Å². The van der Waals surface area contributed by atoms with Crippen molar-refractivity contribution < 1.29 is 18.1 Å². The Bertz CT molecular complexity index is 1020. The lowest BCUT2D eigenvalue weighted by Crippen LogP contribution is -2.40. The molecule has 2 aromatic rings. The lowest BCUT2D eigenvalue weighted by Gasteiger charge is -2.28. The molecular formula is C20H23N3O5S. The normalized spacial score (nSPS) is 17.7. The summed E-state index contributed by atoms with van der Waals surface area (Å²) in [5.74, 6) is -0.649. The van der Waals surface area contributed by atoms with Crippen LogP contribution in [0.5, 0.6) is 0 Å². The lowest BCUT2D eigenvalue weighted by molar-refractivity contribution is -0.385. The minimum Gasteiger partial charge on any atom is -0.378 e. The van der Waals surface area contributed by atoms with Crippen LogP contribution in [0.1, 0.15) is 22.3 Å². The smallest absolute Gasteiger partial charge is 0.282 e. The fourth-order valence-corrected chi connectivity index (χ4v) is 5.18. The van der Waals surface area contributed by atoms with E-state index in [-0.39, 0.29) is 29.3 Å². The van der Waals surface area contributed by atoms with Crippen LogP contribution in [-0.2, 0) is 16.4 Å². The maximum atomic E-state index is 13.3. The Morgan fingerprint density at radius 1 is 1.14 bits per heavy atom. The SMILES string of the molecule is CN(C)c1ccc(CN(C(=O)c2ccccc2[N+](=O)[O-])[C@H]2CCS(=O)(=O)C2)cc1. The summed E-state index contributed by atoms with van der Waals surface area (Å²) in [6.07, 6.45) is 0.324. The van der Waals surface area contributed by atoms with Crippen LogP contribution in [0, 0.1) is 10.1 Å². The summed E-state index contributed by atoms with van der Waals surface area (Å²) in [7, 11) is 0.611. The van der Waals surface area contributed by atoms with Gasteiger partial charge in [0.15, 0.2) is 9.84 Å². The second kappa shape index (κ2) is 8.20. The van der Waals surface area contributed by atoms with Crippen LogP contribution in [-0.4, -0.2) is 55.8 Å². The van der Waals surface area contributed by atoms with Crippen molar-refractivity contribution in [3.63, 3.8) is 0 Å². The van der Waals surface area contributed by atoms with E-state index < -0.39 is 26.7 Å². The fourth-order valence-electron chi connectivity index (χ4n) is 3.45. The van der Waals surface area contributed by atoms with Crippen molar-refractivity contribution in [2.75, 3.05) is 30.5 Å². The van der Waals surface area contributed by atoms with Crippen molar-refractivity contribution in [1.29, 1.82) is 0 Å². The number of hydrogen-bond acceptors (Lipinski definition) is 6. The van der Waals surface area contributed by atoms with Gasteiger partial charge in [0, 0.05) is 38.4 Å². The van der Waals surface area contributed by atoms with E-state index in [4.69, 9.17) is 0 Å². The van der Waals surface area contributed by atoms with Gasteiger partial charge in [-0.25, -0.2) is 8.42 Å². The molecule has 1 heterocycles. The standard InChI is InChI=1S/C20H23N3O5S/c1-21(2)16-9-7-15(8-10-16)13-22(17-11-12-29(27,28)14-17)20(24)18-5-3-4-6-19(18)23(25)26/h3-10,17H,11-14H2,1-2H3/t17-/m0/s1. The largest absolute Gasteiger partial charge is 0.378 e. The number of amides is 1. The molecule has 1 saturated heterocycles. The first-order valence-corrected chi connectivity index (χ1v) is 11.0. The van der Waals surface area contributed by atoms with Gasteiger partial charge in [0.25, 0.3) is 11.6 Å². The maximum absolute atomic E-state index is 13.3. The van der Waals surface area contributed by atoms with Crippen molar-refractivity contribution in [3.8, 4) is 0 Å². The first kappa shape index (κ1) is 20.8. The van der Waals surface area contributed by atoms with E-state index in [1.165, 1.54) is 23.1 Å². The first-order valence-electron chi connectivity index (χ1n) is 9.19. The monoisotopic (exact) mass is 417 g/mol. The van der Waals surface area contributed by atoms with Crippen LogP contribution in [0.3, 0.4) is 0 Å². The van der Waals surface area contributed by atoms with E-state index in [1.807, 2.05) is 43.3 Å². The third-order valence-electron chi connectivity index (χ3n) is 5.05. The average molecular weight is 417 g/mol. The van der Waals surface area contributed by atoms with E-state index in [2.05, 4.69) is 0 Å². The first-order chi connectivity index (χ1) is 13.7. The molecule has 9 heteroatoms. The Hall–Kier alpha value is -2.94. The maximum Gasteiger partial charge on any atom is 0.282 e. The number of carbonyl (C=O) groups is 1. The molecule has 1 fully saturated rings. The Labute approximate surface area is 169 Å². The molecule has 0 unspecified atom stereocenters. The zero-order chi connectivity index (χ0) is 21.2. The third-order valence-corrected chi connectivity index (χ3v) is 6.80. The minimum atomic E-state index is -3.23. The van der Waals surface area contributed by atoms with Crippen molar-refractivity contribution in [2.24, 2.45) is 0 Å². The predicted molar refractivity (Wildman–Crippen MR) is 111 cm³/mol. The van der Waals surface area contributed by atoms with Crippen LogP contribution in [0.25, 0.3) is 0 Å². The number of anilines is 1. The highest BCUT2D eigenvalue weighted by atomic mass is 32.2. The molecule has 1 aliphatic heterocycles. The van der Waals surface area contributed by atoms with E-state index in [9.17, 15) is 23.3 Å². The molecule has 1 aliphatic rings. The van der Waals surface area contributed by atoms with Crippen LogP contribution in [0.4, 0.5) is 11.4 Å². The summed E-state index contributed by atoms with van der Waals surface area (Å²) in [4.78, 5) is 27.4. The number of nitro groups is 1. The van der Waals surface area contributed by atoms with E-state index in [0.29, 0.717) is 6.42 Å². The van der Waals surface area contributed by atoms with Gasteiger partial charge >= 0.3 is 0 Å². The molecule has 1 atom stereocenters. The molecule has 0 bridgehead atoms. The molecule has 154 valence electrons. The second-order valence-corrected chi connectivity index (χ2v) is 9.55. The minimum absolute atomic E-state index is 0.0118. The molecule has 1 amide bonds. The van der Waals surface area contributed by atoms with Crippen LogP contribution >= 0.6 is 0 Å². The van der Waals surface area contributed by atoms with Crippen molar-refractivity contribution in [3.05, 3.63) is 69.8 Å². The number of nitrogens with zero attached hydrogens (tertiary/aromatic N) is 3. The summed E-state index contributed by atoms with van der Waals surface area (Å²) in [6, 6.07) is 12.8. The molecule has 3 rings (SSSR count). The molecule has 0 aliphatic carbocycles. The van der Waals surface area contributed by atoms with Gasteiger partial charge in [-0.3, -0.25) is 14.9 Å². The molecule has 29 heavy (non-hydrogen) atoms. The molecule has 2 aromatic carbocycles. The van der Waals surface area contributed by atoms with Gasteiger partial charge in [0.2, 0.25) is 0 Å². The summed E-state index contributed by atoms with van der Waals surface area (Å²) < 4.78 is 24.0. The van der Waals surface area contributed by atoms with Crippen molar-refractivity contribution in [1.82, 2.24) is 4.90 Å². The van der Waals surface area contributed by atoms with Crippen LogP contribution < -0.4 is 4.90 Å². The van der Waals surface area contributed by atoms with Gasteiger partial charge in [-0.05, 0) is 30.2 Å². The Morgan fingerprint density at radius 2 is 1.79 bits per heavy atom. The molecule has 0 aromatic heterocycles. The number of carbonyl (C=O) groups excluding carboxylic acids is 1. The quantitative estimate of drug-likeness (QED) is 0.529. The van der Waals surface area contributed by atoms with Crippen molar-refractivity contribution in [2.45, 2.75) is 19.0 Å². The highest BCUT2D eigenvalue weighted by molar-refractivity contribution is 7.91. The van der Waals surface area contributed by atoms with Gasteiger partial charge < -0.3 is 9.80 Å². The highest BCUT2D eigenvalue weighted by Crippen LogP contribution is 2.26.